The van der Waals surface area contributed by atoms with Crippen LogP contribution in [0.15, 0.2) is 36.4 Å². The van der Waals surface area contributed by atoms with Crippen LogP contribution < -0.4 is 16.0 Å². The van der Waals surface area contributed by atoms with Crippen molar-refractivity contribution in [1.82, 2.24) is 25.2 Å². The number of nitrogens with zero attached hydrogens (tertiary/aromatic N) is 3. The highest BCUT2D eigenvalue weighted by Crippen LogP contribution is 2.32. The summed E-state index contributed by atoms with van der Waals surface area (Å²) in [6.45, 7) is 1.81. The van der Waals surface area contributed by atoms with Crippen LogP contribution >= 0.6 is 0 Å². The van der Waals surface area contributed by atoms with Crippen LogP contribution in [0.5, 0.6) is 0 Å². The number of rotatable bonds is 13. The number of pyridine rings is 1. The van der Waals surface area contributed by atoms with E-state index in [0.29, 0.717) is 30.8 Å². The lowest BCUT2D eigenvalue weighted by molar-refractivity contribution is -0.139. The summed E-state index contributed by atoms with van der Waals surface area (Å²) < 4.78 is 1.89. The van der Waals surface area contributed by atoms with Gasteiger partial charge in [-0.25, -0.2) is 14.8 Å². The number of nitrogens with one attached hydrogen (secondary N) is 3. The average Bonchev–Trinajstić information content (AvgIpc) is 3.69. The topological polar surface area (TPSA) is 138 Å². The van der Waals surface area contributed by atoms with Gasteiger partial charge < -0.3 is 25.6 Å². The fourth-order valence-electron chi connectivity index (χ4n) is 5.02. The first-order valence-corrected chi connectivity index (χ1v) is 14.0. The van der Waals surface area contributed by atoms with Crippen molar-refractivity contribution in [3.8, 4) is 0 Å². The Balaban J connectivity index is 1.06. The van der Waals surface area contributed by atoms with E-state index in [2.05, 4.69) is 38.1 Å². The van der Waals surface area contributed by atoms with Crippen LogP contribution in [-0.4, -0.2) is 56.6 Å². The fourth-order valence-corrected chi connectivity index (χ4v) is 5.02. The van der Waals surface area contributed by atoms with Gasteiger partial charge in [-0.1, -0.05) is 18.2 Å². The van der Waals surface area contributed by atoms with E-state index in [1.807, 2.05) is 28.8 Å². The summed E-state index contributed by atoms with van der Waals surface area (Å²) in [7, 11) is 0. The molecule has 1 unspecified atom stereocenters. The molecule has 0 bridgehead atoms. The Hall–Kier alpha value is -3.95. The van der Waals surface area contributed by atoms with Gasteiger partial charge in [0, 0.05) is 31.7 Å². The number of fused-ring (bicyclic) bond motifs is 2. The smallest absolute Gasteiger partial charge is 0.326 e. The van der Waals surface area contributed by atoms with Crippen LogP contribution in [-0.2, 0) is 29.0 Å². The Morgan fingerprint density at radius 2 is 1.95 bits per heavy atom. The largest absolute Gasteiger partial charge is 0.480 e. The van der Waals surface area contributed by atoms with E-state index in [4.69, 9.17) is 0 Å². The number of carbonyl (C=O) groups excluding carboxylic acids is 2. The number of carboxylic acid groups (broad SMARTS) is 1. The second-order valence-electron chi connectivity index (χ2n) is 10.5. The maximum Gasteiger partial charge on any atom is 0.326 e. The number of hydrogen-bond donors (Lipinski definition) is 4. The van der Waals surface area contributed by atoms with E-state index in [1.54, 1.807) is 0 Å². The van der Waals surface area contributed by atoms with Crippen molar-refractivity contribution < 1.29 is 19.5 Å². The number of aromatic nitrogens is 3. The number of aryl methyl sites for hydroxylation is 2. The lowest BCUT2D eigenvalue weighted by atomic mass is 10.1. The Morgan fingerprint density at radius 3 is 2.77 bits per heavy atom. The molecule has 0 radical (unpaired) electrons. The molecule has 4 N–H and O–H groups in total. The monoisotopic (exact) mass is 532 g/mol. The predicted molar refractivity (Wildman–Crippen MR) is 148 cm³/mol. The molecule has 1 atom stereocenters. The van der Waals surface area contributed by atoms with Gasteiger partial charge in [-0.15, -0.1) is 0 Å². The first kappa shape index (κ1) is 26.6. The number of anilines is 1. The predicted octanol–water partition coefficient (Wildman–Crippen LogP) is 3.30. The van der Waals surface area contributed by atoms with Crippen molar-refractivity contribution in [3.05, 3.63) is 53.5 Å². The van der Waals surface area contributed by atoms with E-state index in [0.717, 1.165) is 62.1 Å². The summed E-state index contributed by atoms with van der Waals surface area (Å²) in [6.07, 6.45) is 7.24. The minimum Gasteiger partial charge on any atom is -0.480 e. The van der Waals surface area contributed by atoms with Gasteiger partial charge >= 0.3 is 5.97 Å². The summed E-state index contributed by atoms with van der Waals surface area (Å²) in [5, 5.41) is 18.4. The van der Waals surface area contributed by atoms with Crippen LogP contribution in [0.25, 0.3) is 11.0 Å². The maximum absolute atomic E-state index is 13.1. The molecule has 2 aliphatic rings. The first-order valence-electron chi connectivity index (χ1n) is 14.0. The van der Waals surface area contributed by atoms with Gasteiger partial charge in [-0.2, -0.15) is 0 Å². The van der Waals surface area contributed by atoms with Crippen LogP contribution in [0.2, 0.25) is 0 Å². The molecule has 0 saturated heterocycles. The van der Waals surface area contributed by atoms with E-state index < -0.39 is 17.9 Å². The van der Waals surface area contributed by atoms with E-state index in [1.165, 1.54) is 5.56 Å². The van der Waals surface area contributed by atoms with Crippen molar-refractivity contribution in [1.29, 1.82) is 0 Å². The Bertz CT molecular complexity index is 1350. The third-order valence-corrected chi connectivity index (χ3v) is 7.39. The van der Waals surface area contributed by atoms with E-state index >= 15 is 0 Å². The number of imidazole rings is 1. The number of unbranched alkanes of at least 4 members (excludes halogenated alkanes) is 1. The molecule has 1 aliphatic carbocycles. The third-order valence-electron chi connectivity index (χ3n) is 7.39. The van der Waals surface area contributed by atoms with Crippen molar-refractivity contribution in [2.24, 2.45) is 5.92 Å². The van der Waals surface area contributed by atoms with Crippen LogP contribution in [0.3, 0.4) is 0 Å². The lowest BCUT2D eigenvalue weighted by Crippen LogP contribution is -2.44. The molecule has 1 aliphatic heterocycles. The van der Waals surface area contributed by atoms with Gasteiger partial charge in [0.2, 0.25) is 5.91 Å². The van der Waals surface area contributed by atoms with Crippen LogP contribution in [0.1, 0.15) is 66.8 Å². The fraction of sp³-hybridized carbons (Fsp3) is 0.483. The van der Waals surface area contributed by atoms with Gasteiger partial charge in [-0.05, 0) is 81.0 Å². The highest BCUT2D eigenvalue weighted by molar-refractivity contribution is 5.97. The van der Waals surface area contributed by atoms with Gasteiger partial charge in [-0.3, -0.25) is 9.59 Å². The number of amides is 2. The zero-order valence-corrected chi connectivity index (χ0v) is 22.1. The molecule has 5 rings (SSSR count). The minimum absolute atomic E-state index is 0.0850. The molecular weight excluding hydrogens is 496 g/mol. The summed E-state index contributed by atoms with van der Waals surface area (Å²) in [4.78, 5) is 46.4. The Morgan fingerprint density at radius 1 is 1.10 bits per heavy atom. The highest BCUT2D eigenvalue weighted by Gasteiger charge is 2.28. The van der Waals surface area contributed by atoms with E-state index in [-0.39, 0.29) is 24.7 Å². The maximum atomic E-state index is 13.1. The number of carboxylic acids is 1. The lowest BCUT2D eigenvalue weighted by Gasteiger charge is -2.17. The third kappa shape index (κ3) is 6.93. The zero-order chi connectivity index (χ0) is 27.2. The Labute approximate surface area is 227 Å². The summed E-state index contributed by atoms with van der Waals surface area (Å²) in [5.74, 6) is -0.0620. The summed E-state index contributed by atoms with van der Waals surface area (Å²) in [5.41, 5.74) is 3.86. The van der Waals surface area contributed by atoms with Crippen molar-refractivity contribution in [2.45, 2.75) is 70.4 Å². The summed E-state index contributed by atoms with van der Waals surface area (Å²) >= 11 is 0. The van der Waals surface area contributed by atoms with Crippen LogP contribution in [0, 0.1) is 5.92 Å². The molecule has 0 spiro atoms. The van der Waals surface area contributed by atoms with Crippen LogP contribution in [0.4, 0.5) is 5.82 Å². The standard InChI is InChI=1S/C29H36N6O4/c36-25(10-4-1-7-21-14-13-20-6-5-16-31-26(20)32-21)30-17-15-23(29(38)39)34-28(37)27-33-22-8-2-3-9-24(22)35(27)18-19-11-12-19/h2-3,8-9,13-14,19,23H,1,4-7,10-12,15-18H2,(H,30,36)(H,31,32)(H,34,37)(H,38,39). The van der Waals surface area contributed by atoms with Crippen molar-refractivity contribution in [3.63, 3.8) is 0 Å². The number of carbonyl (C=O) groups is 3. The Kier molecular flexibility index (Phi) is 8.39. The molecule has 1 aromatic carbocycles. The molecular formula is C29H36N6O4. The average molecular weight is 533 g/mol. The number of hydrogen-bond acceptors (Lipinski definition) is 6. The molecule has 2 aromatic heterocycles. The normalized spacial score (nSPS) is 15.3. The van der Waals surface area contributed by atoms with Gasteiger partial charge in [0.05, 0.1) is 11.0 Å². The first-order chi connectivity index (χ1) is 19.0. The second-order valence-corrected chi connectivity index (χ2v) is 10.5. The number of aliphatic carboxylic acids is 1. The SMILES string of the molecule is O=C(CCCCc1ccc2c(n1)NCCC2)NCCC(NC(=O)c1nc2ccccc2n1CC1CC1)C(=O)O. The zero-order valence-electron chi connectivity index (χ0n) is 22.1. The van der Waals surface area contributed by atoms with Gasteiger partial charge in [0.15, 0.2) is 5.82 Å². The molecule has 2 amide bonds. The number of benzene rings is 1. The minimum atomic E-state index is -1.14. The highest BCUT2D eigenvalue weighted by atomic mass is 16.4. The van der Waals surface area contributed by atoms with Crippen molar-refractivity contribution >= 4 is 34.6 Å². The molecule has 10 nitrogen and oxygen atoms in total. The van der Waals surface area contributed by atoms with Gasteiger partial charge in [0.1, 0.15) is 11.9 Å². The van der Waals surface area contributed by atoms with Crippen molar-refractivity contribution in [2.75, 3.05) is 18.4 Å². The number of para-hydroxylation sites is 2. The molecule has 10 heteroatoms. The van der Waals surface area contributed by atoms with E-state index in [9.17, 15) is 19.5 Å². The quantitative estimate of drug-likeness (QED) is 0.248. The molecule has 206 valence electrons. The molecule has 1 saturated carbocycles. The molecule has 1 fully saturated rings. The molecule has 3 heterocycles. The molecule has 39 heavy (non-hydrogen) atoms. The second kappa shape index (κ2) is 12.3. The molecule has 3 aromatic rings. The summed E-state index contributed by atoms with van der Waals surface area (Å²) in [6, 6.07) is 10.6. The van der Waals surface area contributed by atoms with Gasteiger partial charge in [0.25, 0.3) is 5.91 Å².